The second-order valence-corrected chi connectivity index (χ2v) is 18.5. The molecule has 0 amide bonds. The number of hydrogen-bond donors (Lipinski definition) is 0. The molecule has 0 unspecified atom stereocenters. The molecule has 0 saturated carbocycles. The second-order valence-electron chi connectivity index (χ2n) is 11.9. The van der Waals surface area contributed by atoms with Gasteiger partial charge in [0.15, 0.2) is 0 Å². The van der Waals surface area contributed by atoms with Gasteiger partial charge >= 0.3 is 7.12 Å². The first-order valence-corrected chi connectivity index (χ1v) is 20.2. The van der Waals surface area contributed by atoms with Crippen molar-refractivity contribution in [1.29, 1.82) is 5.26 Å². The van der Waals surface area contributed by atoms with Crippen molar-refractivity contribution in [2.24, 2.45) is 0 Å². The van der Waals surface area contributed by atoms with E-state index < -0.39 is 23.8 Å². The van der Waals surface area contributed by atoms with Gasteiger partial charge in [0.05, 0.1) is 11.6 Å². The van der Waals surface area contributed by atoms with E-state index in [9.17, 15) is 5.26 Å². The normalized spacial score (nSPS) is 11.4. The Bertz CT molecular complexity index is 1790. The predicted molar refractivity (Wildman–Crippen MR) is 207 cm³/mol. The van der Waals surface area contributed by atoms with Crippen LogP contribution in [0.15, 0.2) is 206 Å². The summed E-state index contributed by atoms with van der Waals surface area (Å²) in [7, 11) is -7.34. The SMILES string of the molecule is N#Cc1ccc(B(O[Si](c2ccccc2)(c2ccccc2)c2ccccc2)O[Si](c2ccccc2)(c2ccccc2)c2ccccc2)cc1. The lowest BCUT2D eigenvalue weighted by atomic mass is 9.80. The van der Waals surface area contributed by atoms with Crippen molar-refractivity contribution in [3.8, 4) is 6.07 Å². The minimum atomic E-state index is -3.26. The smallest absolute Gasteiger partial charge is 0.440 e. The standard InChI is InChI=1S/C43H34BNO2Si2/c45-35-36-31-33-37(34-32-36)44(46-48(38-19-7-1-8-20-38,39-21-9-2-10-22-39)40-23-11-3-12-24-40)47-49(41-25-13-4-14-26-41,42-27-15-5-16-28-42)43-29-17-6-18-30-43/h1-34H. The zero-order chi connectivity index (χ0) is 33.4. The minimum Gasteiger partial charge on any atom is -0.440 e. The maximum atomic E-state index is 9.73. The number of benzene rings is 7. The fourth-order valence-corrected chi connectivity index (χ4v) is 14.5. The highest BCUT2D eigenvalue weighted by atomic mass is 28.4. The van der Waals surface area contributed by atoms with Crippen LogP contribution in [0.4, 0.5) is 0 Å². The van der Waals surface area contributed by atoms with Gasteiger partial charge < -0.3 is 8.69 Å². The first kappa shape index (κ1) is 32.0. The first-order valence-electron chi connectivity index (χ1n) is 16.4. The van der Waals surface area contributed by atoms with Gasteiger partial charge in [-0.05, 0) is 48.7 Å². The van der Waals surface area contributed by atoms with E-state index in [0.717, 1.165) is 36.6 Å². The van der Waals surface area contributed by atoms with E-state index in [-0.39, 0.29) is 0 Å². The van der Waals surface area contributed by atoms with Crippen molar-refractivity contribution in [1.82, 2.24) is 0 Å². The van der Waals surface area contributed by atoms with Gasteiger partial charge in [-0.15, -0.1) is 0 Å². The molecule has 0 aliphatic carbocycles. The highest BCUT2D eigenvalue weighted by molar-refractivity contribution is 7.13. The zero-order valence-corrected chi connectivity index (χ0v) is 29.0. The molecule has 0 aromatic heterocycles. The van der Waals surface area contributed by atoms with E-state index in [2.05, 4.69) is 152 Å². The summed E-state index contributed by atoms with van der Waals surface area (Å²) in [6, 6.07) is 73.4. The largest absolute Gasteiger partial charge is 0.473 e. The van der Waals surface area contributed by atoms with Crippen LogP contribution in [-0.4, -0.2) is 23.8 Å². The fourth-order valence-electron chi connectivity index (χ4n) is 6.64. The molecular formula is C43H34BNO2Si2. The maximum Gasteiger partial charge on any atom is 0.473 e. The number of hydrogen-bond acceptors (Lipinski definition) is 3. The lowest BCUT2D eigenvalue weighted by Gasteiger charge is -2.40. The summed E-state index contributed by atoms with van der Waals surface area (Å²) in [5.41, 5.74) is 1.43. The Balaban J connectivity index is 1.53. The molecule has 3 nitrogen and oxygen atoms in total. The molecule has 6 heteroatoms. The van der Waals surface area contributed by atoms with Gasteiger partial charge in [-0.25, -0.2) is 0 Å². The quantitative estimate of drug-likeness (QED) is 0.150. The molecule has 0 saturated heterocycles. The van der Waals surface area contributed by atoms with Gasteiger partial charge in [0, 0.05) is 0 Å². The summed E-state index contributed by atoms with van der Waals surface area (Å²) >= 11 is 0. The number of nitrogens with zero attached hydrogens (tertiary/aromatic N) is 1. The predicted octanol–water partition coefficient (Wildman–Crippen LogP) is 4.62. The summed E-state index contributed by atoms with van der Waals surface area (Å²) in [5, 5.41) is 16.4. The molecule has 0 radical (unpaired) electrons. The van der Waals surface area contributed by atoms with E-state index in [4.69, 9.17) is 8.69 Å². The molecule has 0 bridgehead atoms. The minimum absolute atomic E-state index is 0.581. The Kier molecular flexibility index (Phi) is 9.60. The summed E-state index contributed by atoms with van der Waals surface area (Å²) in [4.78, 5) is 0. The molecule has 7 aromatic carbocycles. The van der Waals surface area contributed by atoms with Gasteiger partial charge in [0.25, 0.3) is 16.6 Å². The molecule has 0 fully saturated rings. The Morgan fingerprint density at radius 2 is 0.592 bits per heavy atom. The van der Waals surface area contributed by atoms with Crippen LogP contribution >= 0.6 is 0 Å². The van der Waals surface area contributed by atoms with Crippen LogP contribution in [-0.2, 0) is 8.69 Å². The molecule has 49 heavy (non-hydrogen) atoms. The van der Waals surface area contributed by atoms with Gasteiger partial charge in [0.1, 0.15) is 0 Å². The molecule has 0 atom stereocenters. The van der Waals surface area contributed by atoms with Crippen molar-refractivity contribution >= 4 is 60.3 Å². The van der Waals surface area contributed by atoms with Crippen molar-refractivity contribution in [2.45, 2.75) is 0 Å². The van der Waals surface area contributed by atoms with E-state index >= 15 is 0 Å². The lowest BCUT2D eigenvalue weighted by Crippen LogP contribution is -2.76. The molecule has 234 valence electrons. The summed E-state index contributed by atoms with van der Waals surface area (Å²) in [6.07, 6.45) is 0. The second kappa shape index (κ2) is 14.7. The van der Waals surface area contributed by atoms with Crippen LogP contribution in [0.25, 0.3) is 0 Å². The van der Waals surface area contributed by atoms with Crippen LogP contribution in [0.5, 0.6) is 0 Å². The monoisotopic (exact) mass is 663 g/mol. The molecule has 0 aliphatic heterocycles. The highest BCUT2D eigenvalue weighted by Crippen LogP contribution is 2.17. The van der Waals surface area contributed by atoms with Crippen molar-refractivity contribution < 1.29 is 8.69 Å². The Labute approximate surface area is 291 Å². The summed E-state index contributed by atoms with van der Waals surface area (Å²) in [5.74, 6) is 0. The van der Waals surface area contributed by atoms with E-state index in [0.29, 0.717) is 5.56 Å². The molecule has 7 aromatic rings. The molecule has 0 spiro atoms. The van der Waals surface area contributed by atoms with Crippen molar-refractivity contribution in [2.75, 3.05) is 0 Å². The summed E-state index contributed by atoms with van der Waals surface area (Å²) in [6.45, 7) is 0. The van der Waals surface area contributed by atoms with E-state index in [1.165, 1.54) is 0 Å². The van der Waals surface area contributed by atoms with Crippen LogP contribution in [0.3, 0.4) is 0 Å². The number of nitriles is 1. The van der Waals surface area contributed by atoms with Crippen LogP contribution in [0.2, 0.25) is 0 Å². The molecule has 0 heterocycles. The van der Waals surface area contributed by atoms with Crippen LogP contribution in [0, 0.1) is 11.3 Å². The third kappa shape index (κ3) is 6.37. The molecule has 0 N–H and O–H groups in total. The first-order chi connectivity index (χ1) is 24.2. The zero-order valence-electron chi connectivity index (χ0n) is 27.0. The van der Waals surface area contributed by atoms with Gasteiger partial charge in [0.2, 0.25) is 0 Å². The Morgan fingerprint density at radius 1 is 0.347 bits per heavy atom. The molecular weight excluding hydrogens is 629 g/mol. The Morgan fingerprint density at radius 3 is 0.816 bits per heavy atom. The van der Waals surface area contributed by atoms with Crippen molar-refractivity contribution in [3.63, 3.8) is 0 Å². The van der Waals surface area contributed by atoms with Gasteiger partial charge in [-0.1, -0.05) is 194 Å². The van der Waals surface area contributed by atoms with Crippen LogP contribution < -0.4 is 36.6 Å². The topological polar surface area (TPSA) is 42.2 Å². The third-order valence-corrected chi connectivity index (χ3v) is 17.0. The van der Waals surface area contributed by atoms with Gasteiger partial charge in [-0.3, -0.25) is 0 Å². The van der Waals surface area contributed by atoms with E-state index in [1.807, 2.05) is 60.7 Å². The fraction of sp³-hybridized carbons (Fsp3) is 0. The average molecular weight is 664 g/mol. The maximum absolute atomic E-state index is 9.73. The van der Waals surface area contributed by atoms with Gasteiger partial charge in [-0.2, -0.15) is 5.26 Å². The third-order valence-electron chi connectivity index (χ3n) is 8.96. The van der Waals surface area contributed by atoms with E-state index in [1.54, 1.807) is 0 Å². The van der Waals surface area contributed by atoms with Crippen LogP contribution in [0.1, 0.15) is 5.56 Å². The van der Waals surface area contributed by atoms with Crippen molar-refractivity contribution in [3.05, 3.63) is 212 Å². The molecule has 7 rings (SSSR count). The highest BCUT2D eigenvalue weighted by Gasteiger charge is 2.50. The Hall–Kier alpha value is -5.55. The molecule has 0 aliphatic rings. The number of rotatable bonds is 11. The average Bonchev–Trinajstić information content (AvgIpc) is 3.20. The summed E-state index contributed by atoms with van der Waals surface area (Å²) < 4.78 is 15.7. The lowest BCUT2D eigenvalue weighted by molar-refractivity contribution is 0.453.